The van der Waals surface area contributed by atoms with Gasteiger partial charge in [0.15, 0.2) is 0 Å². The highest BCUT2D eigenvalue weighted by atomic mass is 35.5. The van der Waals surface area contributed by atoms with Gasteiger partial charge in [-0.05, 0) is 48.7 Å². The van der Waals surface area contributed by atoms with Crippen LogP contribution in [0.5, 0.6) is 0 Å². The van der Waals surface area contributed by atoms with Gasteiger partial charge in [-0.2, -0.15) is 0 Å². The van der Waals surface area contributed by atoms with Crippen molar-refractivity contribution < 1.29 is 8.81 Å². The molecule has 1 aromatic carbocycles. The molecule has 0 radical (unpaired) electrons. The third-order valence-electron chi connectivity index (χ3n) is 3.00. The number of benzene rings is 1. The Morgan fingerprint density at radius 2 is 2.21 bits per heavy atom. The molecule has 4 heteroatoms. The van der Waals surface area contributed by atoms with E-state index >= 15 is 0 Å². The molecule has 0 saturated carbocycles. The minimum atomic E-state index is -0.314. The first kappa shape index (κ1) is 14.1. The maximum atomic E-state index is 13.1. The smallest absolute Gasteiger partial charge is 0.124 e. The molecule has 1 heterocycles. The van der Waals surface area contributed by atoms with Gasteiger partial charge in [0.25, 0.3) is 0 Å². The van der Waals surface area contributed by atoms with Crippen LogP contribution >= 0.6 is 11.6 Å². The molecule has 0 amide bonds. The Kier molecular flexibility index (Phi) is 5.00. The highest BCUT2D eigenvalue weighted by molar-refractivity contribution is 6.31. The third kappa shape index (κ3) is 3.82. The van der Waals surface area contributed by atoms with E-state index in [1.54, 1.807) is 18.6 Å². The van der Waals surface area contributed by atoms with Crippen LogP contribution in [0.2, 0.25) is 5.02 Å². The SMILES string of the molecule is CCCNC(Cc1ccoc1)c1ccc(F)cc1Cl. The van der Waals surface area contributed by atoms with Gasteiger partial charge in [-0.1, -0.05) is 24.6 Å². The van der Waals surface area contributed by atoms with E-state index < -0.39 is 0 Å². The number of hydrogen-bond acceptors (Lipinski definition) is 2. The van der Waals surface area contributed by atoms with Gasteiger partial charge in [0.1, 0.15) is 5.82 Å². The fraction of sp³-hybridized carbons (Fsp3) is 0.333. The standard InChI is InChI=1S/C15H17ClFNO/c1-2-6-18-15(8-11-5-7-19-10-11)13-4-3-12(17)9-14(13)16/h3-5,7,9-10,15,18H,2,6,8H2,1H3. The molecule has 1 atom stereocenters. The lowest BCUT2D eigenvalue weighted by Gasteiger charge is -2.19. The van der Waals surface area contributed by atoms with Crippen LogP contribution in [0.4, 0.5) is 4.39 Å². The van der Waals surface area contributed by atoms with Gasteiger partial charge in [0, 0.05) is 11.1 Å². The molecule has 19 heavy (non-hydrogen) atoms. The van der Waals surface area contributed by atoms with Crippen LogP contribution in [-0.2, 0) is 6.42 Å². The summed E-state index contributed by atoms with van der Waals surface area (Å²) in [7, 11) is 0. The number of furan rings is 1. The van der Waals surface area contributed by atoms with Crippen molar-refractivity contribution >= 4 is 11.6 Å². The topological polar surface area (TPSA) is 25.2 Å². The summed E-state index contributed by atoms with van der Waals surface area (Å²) < 4.78 is 18.2. The molecule has 2 aromatic rings. The number of nitrogens with one attached hydrogen (secondary N) is 1. The predicted molar refractivity (Wildman–Crippen MR) is 74.9 cm³/mol. The molecule has 0 fully saturated rings. The first-order valence-corrected chi connectivity index (χ1v) is 6.78. The van der Waals surface area contributed by atoms with Crippen molar-refractivity contribution in [3.8, 4) is 0 Å². The van der Waals surface area contributed by atoms with Gasteiger partial charge in [-0.3, -0.25) is 0 Å². The summed E-state index contributed by atoms with van der Waals surface area (Å²) in [4.78, 5) is 0. The highest BCUT2D eigenvalue weighted by Crippen LogP contribution is 2.26. The van der Waals surface area contributed by atoms with Gasteiger partial charge >= 0.3 is 0 Å². The quantitative estimate of drug-likeness (QED) is 0.851. The Bertz CT molecular complexity index is 513. The molecule has 0 aliphatic rings. The van der Waals surface area contributed by atoms with Crippen molar-refractivity contribution in [3.63, 3.8) is 0 Å². The molecule has 0 saturated heterocycles. The second kappa shape index (κ2) is 6.73. The Morgan fingerprint density at radius 3 is 2.84 bits per heavy atom. The second-order valence-corrected chi connectivity index (χ2v) is 4.92. The maximum absolute atomic E-state index is 13.1. The van der Waals surface area contributed by atoms with E-state index in [0.29, 0.717) is 5.02 Å². The molecule has 0 spiro atoms. The predicted octanol–water partition coefficient (Wildman–Crippen LogP) is 4.36. The lowest BCUT2D eigenvalue weighted by Crippen LogP contribution is -2.24. The van der Waals surface area contributed by atoms with E-state index in [4.69, 9.17) is 16.0 Å². The van der Waals surface area contributed by atoms with Gasteiger partial charge in [0.05, 0.1) is 12.5 Å². The first-order chi connectivity index (χ1) is 9.20. The molecular weight excluding hydrogens is 265 g/mol. The van der Waals surface area contributed by atoms with Crippen LogP contribution in [0.1, 0.15) is 30.5 Å². The van der Waals surface area contributed by atoms with Gasteiger partial charge in [0.2, 0.25) is 0 Å². The zero-order valence-corrected chi connectivity index (χ0v) is 11.6. The van der Waals surface area contributed by atoms with E-state index in [-0.39, 0.29) is 11.9 Å². The Morgan fingerprint density at radius 1 is 1.37 bits per heavy atom. The minimum Gasteiger partial charge on any atom is -0.472 e. The van der Waals surface area contributed by atoms with Gasteiger partial charge in [-0.25, -0.2) is 4.39 Å². The van der Waals surface area contributed by atoms with Crippen molar-refractivity contribution in [2.75, 3.05) is 6.54 Å². The van der Waals surface area contributed by atoms with E-state index in [1.165, 1.54) is 12.1 Å². The van der Waals surface area contributed by atoms with Crippen molar-refractivity contribution in [1.82, 2.24) is 5.32 Å². The summed E-state index contributed by atoms with van der Waals surface area (Å²) in [6.07, 6.45) is 5.17. The van der Waals surface area contributed by atoms with Crippen LogP contribution < -0.4 is 5.32 Å². The summed E-state index contributed by atoms with van der Waals surface area (Å²) in [5.74, 6) is -0.314. The van der Waals surface area contributed by atoms with E-state index in [2.05, 4.69) is 12.2 Å². The molecule has 0 bridgehead atoms. The molecule has 102 valence electrons. The Hall–Kier alpha value is -1.32. The zero-order chi connectivity index (χ0) is 13.7. The molecule has 2 nitrogen and oxygen atoms in total. The Balaban J connectivity index is 2.20. The Labute approximate surface area is 117 Å². The fourth-order valence-corrected chi connectivity index (χ4v) is 2.34. The molecular formula is C15H17ClFNO. The van der Waals surface area contributed by atoms with Crippen molar-refractivity contribution in [1.29, 1.82) is 0 Å². The number of halogens is 2. The summed E-state index contributed by atoms with van der Waals surface area (Å²) >= 11 is 6.14. The van der Waals surface area contributed by atoms with E-state index in [1.807, 2.05) is 6.07 Å². The number of hydrogen-bond donors (Lipinski definition) is 1. The zero-order valence-electron chi connectivity index (χ0n) is 10.8. The summed E-state index contributed by atoms with van der Waals surface area (Å²) in [5, 5.41) is 3.89. The first-order valence-electron chi connectivity index (χ1n) is 6.40. The normalized spacial score (nSPS) is 12.6. The van der Waals surface area contributed by atoms with Crippen LogP contribution in [-0.4, -0.2) is 6.54 Å². The summed E-state index contributed by atoms with van der Waals surface area (Å²) in [6, 6.07) is 6.53. The maximum Gasteiger partial charge on any atom is 0.124 e. The molecule has 1 aromatic heterocycles. The second-order valence-electron chi connectivity index (χ2n) is 4.51. The molecule has 1 N–H and O–H groups in total. The van der Waals surface area contributed by atoms with Crippen molar-refractivity contribution in [3.05, 3.63) is 58.8 Å². The molecule has 1 unspecified atom stereocenters. The van der Waals surface area contributed by atoms with Crippen molar-refractivity contribution in [2.24, 2.45) is 0 Å². The van der Waals surface area contributed by atoms with Crippen LogP contribution in [0, 0.1) is 5.82 Å². The number of rotatable bonds is 6. The van der Waals surface area contributed by atoms with Crippen LogP contribution in [0.25, 0.3) is 0 Å². The monoisotopic (exact) mass is 281 g/mol. The van der Waals surface area contributed by atoms with Crippen LogP contribution in [0.3, 0.4) is 0 Å². The minimum absolute atomic E-state index is 0.0608. The largest absolute Gasteiger partial charge is 0.472 e. The highest BCUT2D eigenvalue weighted by Gasteiger charge is 2.15. The summed E-state index contributed by atoms with van der Waals surface area (Å²) in [6.45, 7) is 2.99. The van der Waals surface area contributed by atoms with Crippen molar-refractivity contribution in [2.45, 2.75) is 25.8 Å². The van der Waals surface area contributed by atoms with Crippen LogP contribution in [0.15, 0.2) is 41.2 Å². The van der Waals surface area contributed by atoms with Gasteiger partial charge < -0.3 is 9.73 Å². The average Bonchev–Trinajstić information content (AvgIpc) is 2.88. The molecule has 0 aliphatic heterocycles. The van der Waals surface area contributed by atoms with Gasteiger partial charge in [-0.15, -0.1) is 0 Å². The third-order valence-corrected chi connectivity index (χ3v) is 3.33. The summed E-state index contributed by atoms with van der Waals surface area (Å²) in [5.41, 5.74) is 2.01. The fourth-order valence-electron chi connectivity index (χ4n) is 2.04. The van der Waals surface area contributed by atoms with E-state index in [9.17, 15) is 4.39 Å². The molecule has 0 aliphatic carbocycles. The lowest BCUT2D eigenvalue weighted by molar-refractivity contribution is 0.519. The molecule has 2 rings (SSSR count). The average molecular weight is 282 g/mol. The lowest BCUT2D eigenvalue weighted by atomic mass is 10.00. The van der Waals surface area contributed by atoms with E-state index in [0.717, 1.165) is 30.5 Å².